The Bertz CT molecular complexity index is 547. The monoisotopic (exact) mass is 271 g/mol. The second kappa shape index (κ2) is 4.66. The lowest BCUT2D eigenvalue weighted by Gasteiger charge is -2.23. The summed E-state index contributed by atoms with van der Waals surface area (Å²) in [7, 11) is 0. The zero-order chi connectivity index (χ0) is 13.5. The van der Waals surface area contributed by atoms with Crippen LogP contribution in [0, 0.1) is 0 Å². The van der Waals surface area contributed by atoms with Crippen LogP contribution in [-0.4, -0.2) is 50.1 Å². The molecule has 2 N–H and O–H groups in total. The van der Waals surface area contributed by atoms with Gasteiger partial charge in [-0.1, -0.05) is 0 Å². The number of rotatable bonds is 3. The van der Waals surface area contributed by atoms with Crippen molar-refractivity contribution in [2.24, 2.45) is 4.99 Å². The number of anilines is 3. The van der Waals surface area contributed by atoms with Gasteiger partial charge in [-0.2, -0.15) is 0 Å². The van der Waals surface area contributed by atoms with E-state index in [9.17, 15) is 0 Å². The fraction of sp³-hybridized carbons (Fsp3) is 0.533. The number of aliphatic imine (C=N–C) groups is 1. The molecule has 1 saturated heterocycles. The molecule has 0 aromatic heterocycles. The molecule has 0 radical (unpaired) electrons. The van der Waals surface area contributed by atoms with E-state index in [1.54, 1.807) is 0 Å². The van der Waals surface area contributed by atoms with Crippen LogP contribution in [0.2, 0.25) is 0 Å². The first-order chi connectivity index (χ1) is 9.83. The minimum Gasteiger partial charge on any atom is -0.399 e. The van der Waals surface area contributed by atoms with Gasteiger partial charge in [-0.3, -0.25) is 4.99 Å². The Balaban J connectivity index is 1.59. The molecule has 1 aromatic carbocycles. The lowest BCUT2D eigenvalue weighted by molar-refractivity contribution is 0.349. The summed E-state index contributed by atoms with van der Waals surface area (Å²) in [6, 6.07) is 6.19. The molecule has 5 heteroatoms. The molecule has 0 spiro atoms. The summed E-state index contributed by atoms with van der Waals surface area (Å²) < 4.78 is 0. The molecule has 0 saturated carbocycles. The molecular weight excluding hydrogens is 250 g/mol. The number of fused-ring (bicyclic) bond motifs is 3. The number of nitrogens with two attached hydrogens (primary N) is 1. The number of guanidine groups is 1. The van der Waals surface area contributed by atoms with Crippen LogP contribution >= 0.6 is 0 Å². The number of hydrogen-bond donors (Lipinski definition) is 1. The summed E-state index contributed by atoms with van der Waals surface area (Å²) in [5.41, 5.74) is 9.28. The lowest BCUT2D eigenvalue weighted by atomic mass is 10.2. The molecule has 1 fully saturated rings. The van der Waals surface area contributed by atoms with Gasteiger partial charge in [0, 0.05) is 25.3 Å². The average Bonchev–Trinajstić information content (AvgIpc) is 3.13. The number of likely N-dealkylation sites (tertiary alicyclic amines) is 1. The maximum absolute atomic E-state index is 5.97. The smallest absolute Gasteiger partial charge is 0.206 e. The second-order valence-corrected chi connectivity index (χ2v) is 5.78. The predicted octanol–water partition coefficient (Wildman–Crippen LogP) is 1.36. The summed E-state index contributed by atoms with van der Waals surface area (Å²) in [4.78, 5) is 11.9. The fourth-order valence-electron chi connectivity index (χ4n) is 3.46. The Labute approximate surface area is 119 Å². The van der Waals surface area contributed by atoms with E-state index in [-0.39, 0.29) is 0 Å². The van der Waals surface area contributed by atoms with Crippen LogP contribution in [0.4, 0.5) is 17.1 Å². The third-order valence-electron chi connectivity index (χ3n) is 4.48. The molecule has 20 heavy (non-hydrogen) atoms. The molecule has 3 heterocycles. The van der Waals surface area contributed by atoms with Gasteiger partial charge in [-0.25, -0.2) is 0 Å². The van der Waals surface area contributed by atoms with E-state index < -0.39 is 0 Å². The molecule has 0 amide bonds. The van der Waals surface area contributed by atoms with Crippen LogP contribution in [-0.2, 0) is 0 Å². The first-order valence-electron chi connectivity index (χ1n) is 7.54. The highest BCUT2D eigenvalue weighted by atomic mass is 15.5. The SMILES string of the molecule is Nc1ccc2c(c1)N(CCN1CCCC1)C1=NCCN12. The van der Waals surface area contributed by atoms with E-state index in [4.69, 9.17) is 5.73 Å². The predicted molar refractivity (Wildman–Crippen MR) is 83.5 cm³/mol. The molecule has 0 bridgehead atoms. The fourth-order valence-corrected chi connectivity index (χ4v) is 3.46. The summed E-state index contributed by atoms with van der Waals surface area (Å²) in [5, 5.41) is 0. The van der Waals surface area contributed by atoms with Gasteiger partial charge >= 0.3 is 0 Å². The van der Waals surface area contributed by atoms with Crippen molar-refractivity contribution in [2.75, 3.05) is 54.8 Å². The summed E-state index contributed by atoms with van der Waals surface area (Å²) in [5.74, 6) is 1.12. The van der Waals surface area contributed by atoms with E-state index in [2.05, 4.69) is 31.8 Å². The van der Waals surface area contributed by atoms with Crippen LogP contribution < -0.4 is 15.5 Å². The van der Waals surface area contributed by atoms with Gasteiger partial charge in [-0.05, 0) is 44.1 Å². The third-order valence-corrected chi connectivity index (χ3v) is 4.48. The first kappa shape index (κ1) is 12.0. The zero-order valence-electron chi connectivity index (χ0n) is 11.8. The zero-order valence-corrected chi connectivity index (χ0v) is 11.8. The van der Waals surface area contributed by atoms with E-state index in [0.717, 1.165) is 37.8 Å². The van der Waals surface area contributed by atoms with Crippen LogP contribution in [0.1, 0.15) is 12.8 Å². The molecule has 1 aromatic rings. The minimum absolute atomic E-state index is 0.830. The van der Waals surface area contributed by atoms with Gasteiger partial charge < -0.3 is 20.4 Å². The van der Waals surface area contributed by atoms with Crippen LogP contribution in [0.25, 0.3) is 0 Å². The number of nitrogen functional groups attached to an aromatic ring is 1. The Hall–Kier alpha value is -1.75. The normalized spacial score (nSPS) is 21.3. The standard InChI is InChI=1S/C15H21N5/c16-12-3-4-13-14(11-12)20(15-17-5-8-19(13)15)10-9-18-6-1-2-7-18/h3-4,11H,1-2,5-10,16H2. The van der Waals surface area contributed by atoms with Gasteiger partial charge in [0.1, 0.15) is 0 Å². The largest absolute Gasteiger partial charge is 0.399 e. The lowest BCUT2D eigenvalue weighted by Crippen LogP contribution is -2.40. The van der Waals surface area contributed by atoms with Gasteiger partial charge in [-0.15, -0.1) is 0 Å². The molecule has 3 aliphatic rings. The Morgan fingerprint density at radius 1 is 1.05 bits per heavy atom. The molecule has 106 valence electrons. The Morgan fingerprint density at radius 3 is 2.75 bits per heavy atom. The van der Waals surface area contributed by atoms with E-state index in [1.807, 2.05) is 6.07 Å². The third kappa shape index (κ3) is 1.85. The Kier molecular flexibility index (Phi) is 2.80. The highest BCUT2D eigenvalue weighted by molar-refractivity contribution is 6.17. The summed E-state index contributed by atoms with van der Waals surface area (Å²) in [6.45, 7) is 6.50. The average molecular weight is 271 g/mol. The van der Waals surface area contributed by atoms with Crippen molar-refractivity contribution in [3.05, 3.63) is 18.2 Å². The van der Waals surface area contributed by atoms with Gasteiger partial charge in [0.05, 0.1) is 17.9 Å². The van der Waals surface area contributed by atoms with Crippen molar-refractivity contribution >= 4 is 23.0 Å². The second-order valence-electron chi connectivity index (χ2n) is 5.78. The van der Waals surface area contributed by atoms with Gasteiger partial charge in [0.15, 0.2) is 0 Å². The maximum Gasteiger partial charge on any atom is 0.206 e. The Morgan fingerprint density at radius 2 is 1.90 bits per heavy atom. The van der Waals surface area contributed by atoms with Crippen molar-refractivity contribution in [3.63, 3.8) is 0 Å². The number of hydrogen-bond acceptors (Lipinski definition) is 5. The molecule has 0 aliphatic carbocycles. The molecule has 3 aliphatic heterocycles. The molecule has 5 nitrogen and oxygen atoms in total. The van der Waals surface area contributed by atoms with Gasteiger partial charge in [0.2, 0.25) is 5.96 Å². The van der Waals surface area contributed by atoms with Crippen LogP contribution in [0.15, 0.2) is 23.2 Å². The highest BCUT2D eigenvalue weighted by Crippen LogP contribution is 2.39. The van der Waals surface area contributed by atoms with Crippen molar-refractivity contribution in [1.29, 1.82) is 0 Å². The van der Waals surface area contributed by atoms with Crippen molar-refractivity contribution in [1.82, 2.24) is 4.90 Å². The first-order valence-corrected chi connectivity index (χ1v) is 7.54. The van der Waals surface area contributed by atoms with Crippen LogP contribution in [0.3, 0.4) is 0 Å². The van der Waals surface area contributed by atoms with E-state index >= 15 is 0 Å². The molecular formula is C15H21N5. The summed E-state index contributed by atoms with van der Waals surface area (Å²) in [6.07, 6.45) is 2.69. The number of nitrogens with zero attached hydrogens (tertiary/aromatic N) is 4. The minimum atomic E-state index is 0.830. The van der Waals surface area contributed by atoms with E-state index in [0.29, 0.717) is 0 Å². The maximum atomic E-state index is 5.97. The van der Waals surface area contributed by atoms with Crippen molar-refractivity contribution in [2.45, 2.75) is 12.8 Å². The highest BCUT2D eigenvalue weighted by Gasteiger charge is 2.35. The molecule has 0 unspecified atom stereocenters. The van der Waals surface area contributed by atoms with Gasteiger partial charge in [0.25, 0.3) is 0 Å². The quantitative estimate of drug-likeness (QED) is 0.843. The van der Waals surface area contributed by atoms with E-state index in [1.165, 1.54) is 37.3 Å². The number of benzene rings is 1. The molecule has 4 rings (SSSR count). The summed E-state index contributed by atoms with van der Waals surface area (Å²) >= 11 is 0. The molecule has 0 atom stereocenters. The van der Waals surface area contributed by atoms with Crippen molar-refractivity contribution < 1.29 is 0 Å². The van der Waals surface area contributed by atoms with Crippen molar-refractivity contribution in [3.8, 4) is 0 Å². The van der Waals surface area contributed by atoms with Crippen LogP contribution in [0.5, 0.6) is 0 Å². The topological polar surface area (TPSA) is 48.1 Å².